The van der Waals surface area contributed by atoms with Crippen molar-refractivity contribution in [2.45, 2.75) is 33.0 Å². The van der Waals surface area contributed by atoms with Crippen LogP contribution in [0.15, 0.2) is 41.5 Å². The van der Waals surface area contributed by atoms with Gasteiger partial charge in [0.2, 0.25) is 5.88 Å². The minimum atomic E-state index is -2.91. The van der Waals surface area contributed by atoms with Gasteiger partial charge in [-0.15, -0.1) is 24.0 Å². The van der Waals surface area contributed by atoms with Gasteiger partial charge in [-0.3, -0.25) is 4.99 Å². The molecule has 2 rings (SSSR count). The van der Waals surface area contributed by atoms with E-state index in [9.17, 15) is 8.78 Å². The van der Waals surface area contributed by atoms with E-state index >= 15 is 0 Å². The summed E-state index contributed by atoms with van der Waals surface area (Å²) >= 11 is 0. The van der Waals surface area contributed by atoms with E-state index in [-0.39, 0.29) is 36.3 Å². The standard InChI is InChI=1S/C20H26F2N4O3.HI/c1-4-9-28-18-8-5-14(11-24-18)12-25-20(23-2)26-13-15-10-16(27-3)6-7-17(15)29-19(21)22;/h5-8,10-11,19H,4,9,12-13H2,1-3H3,(H2,23,25,26);1H. The van der Waals surface area contributed by atoms with Gasteiger partial charge in [0.05, 0.1) is 13.7 Å². The van der Waals surface area contributed by atoms with Crippen molar-refractivity contribution in [2.75, 3.05) is 20.8 Å². The number of pyridine rings is 1. The van der Waals surface area contributed by atoms with Crippen LogP contribution in [0.5, 0.6) is 17.4 Å². The van der Waals surface area contributed by atoms with E-state index in [0.29, 0.717) is 36.3 Å². The number of rotatable bonds is 10. The number of nitrogens with one attached hydrogen (secondary N) is 2. The van der Waals surface area contributed by atoms with Crippen LogP contribution in [0.25, 0.3) is 0 Å². The third-order valence-electron chi connectivity index (χ3n) is 3.87. The minimum absolute atomic E-state index is 0. The molecule has 0 aliphatic heterocycles. The van der Waals surface area contributed by atoms with Gasteiger partial charge < -0.3 is 24.8 Å². The maximum Gasteiger partial charge on any atom is 0.387 e. The Kier molecular flexibility index (Phi) is 11.8. The van der Waals surface area contributed by atoms with Gasteiger partial charge in [0.25, 0.3) is 0 Å². The first-order valence-electron chi connectivity index (χ1n) is 9.19. The number of halogens is 3. The fraction of sp³-hybridized carbons (Fsp3) is 0.400. The zero-order chi connectivity index (χ0) is 21.1. The van der Waals surface area contributed by atoms with Crippen LogP contribution in [0.2, 0.25) is 0 Å². The maximum atomic E-state index is 12.6. The molecule has 2 aromatic rings. The second-order valence-corrected chi connectivity index (χ2v) is 5.98. The summed E-state index contributed by atoms with van der Waals surface area (Å²) < 4.78 is 40.4. The summed E-state index contributed by atoms with van der Waals surface area (Å²) in [6, 6.07) is 8.38. The van der Waals surface area contributed by atoms with Gasteiger partial charge >= 0.3 is 6.61 Å². The summed E-state index contributed by atoms with van der Waals surface area (Å²) in [6.45, 7) is 0.463. The molecule has 0 amide bonds. The van der Waals surface area contributed by atoms with Crippen LogP contribution < -0.4 is 24.8 Å². The van der Waals surface area contributed by atoms with Crippen LogP contribution in [0, 0.1) is 0 Å². The lowest BCUT2D eigenvalue weighted by atomic mass is 10.2. The Labute approximate surface area is 192 Å². The van der Waals surface area contributed by atoms with Crippen LogP contribution in [0.4, 0.5) is 8.78 Å². The Morgan fingerprint density at radius 1 is 1.17 bits per heavy atom. The molecule has 0 bridgehead atoms. The van der Waals surface area contributed by atoms with Gasteiger partial charge in [0.1, 0.15) is 11.5 Å². The first kappa shape index (κ1) is 25.7. The van der Waals surface area contributed by atoms with E-state index in [1.54, 1.807) is 25.4 Å². The molecule has 1 aromatic heterocycles. The lowest BCUT2D eigenvalue weighted by molar-refractivity contribution is -0.0505. The molecule has 166 valence electrons. The molecule has 0 radical (unpaired) electrons. The first-order valence-corrected chi connectivity index (χ1v) is 9.19. The van der Waals surface area contributed by atoms with Crippen molar-refractivity contribution in [1.82, 2.24) is 15.6 Å². The van der Waals surface area contributed by atoms with Gasteiger partial charge in [-0.25, -0.2) is 4.98 Å². The topological polar surface area (TPSA) is 77.0 Å². The summed E-state index contributed by atoms with van der Waals surface area (Å²) in [5.41, 5.74) is 1.46. The Balaban J connectivity index is 0.00000450. The number of benzene rings is 1. The molecule has 0 unspecified atom stereocenters. The van der Waals surface area contributed by atoms with E-state index in [4.69, 9.17) is 9.47 Å². The smallest absolute Gasteiger partial charge is 0.387 e. The number of hydrogen-bond donors (Lipinski definition) is 2. The summed E-state index contributed by atoms with van der Waals surface area (Å²) in [6.07, 6.45) is 2.65. The number of aromatic nitrogens is 1. The number of nitrogens with zero attached hydrogens (tertiary/aromatic N) is 2. The fourth-order valence-electron chi connectivity index (χ4n) is 2.42. The zero-order valence-electron chi connectivity index (χ0n) is 17.2. The van der Waals surface area contributed by atoms with Crippen molar-refractivity contribution < 1.29 is 23.0 Å². The lowest BCUT2D eigenvalue weighted by Gasteiger charge is -2.15. The average Bonchev–Trinajstić information content (AvgIpc) is 2.73. The highest BCUT2D eigenvalue weighted by Crippen LogP contribution is 2.25. The van der Waals surface area contributed by atoms with Crippen molar-refractivity contribution >= 4 is 29.9 Å². The molecule has 1 heterocycles. The van der Waals surface area contributed by atoms with E-state index in [1.807, 2.05) is 19.1 Å². The second kappa shape index (κ2) is 13.8. The van der Waals surface area contributed by atoms with Crippen LogP contribution in [0.1, 0.15) is 24.5 Å². The highest BCUT2D eigenvalue weighted by atomic mass is 127. The van der Waals surface area contributed by atoms with Crippen LogP contribution in [-0.2, 0) is 13.1 Å². The number of alkyl halides is 2. The molecule has 30 heavy (non-hydrogen) atoms. The molecule has 2 N–H and O–H groups in total. The van der Waals surface area contributed by atoms with Gasteiger partial charge in [-0.2, -0.15) is 8.78 Å². The van der Waals surface area contributed by atoms with E-state index in [2.05, 4.69) is 25.3 Å². The summed E-state index contributed by atoms with van der Waals surface area (Å²) in [4.78, 5) is 8.39. The largest absolute Gasteiger partial charge is 0.497 e. The summed E-state index contributed by atoms with van der Waals surface area (Å²) in [7, 11) is 3.13. The van der Waals surface area contributed by atoms with E-state index in [1.165, 1.54) is 13.2 Å². The number of ether oxygens (including phenoxy) is 3. The minimum Gasteiger partial charge on any atom is -0.497 e. The second-order valence-electron chi connectivity index (χ2n) is 5.98. The number of methoxy groups -OCH3 is 1. The third kappa shape index (κ3) is 8.56. The van der Waals surface area contributed by atoms with Crippen molar-refractivity contribution in [1.29, 1.82) is 0 Å². The Hall–Kier alpha value is -2.37. The molecular formula is C20H27F2IN4O3. The fourth-order valence-corrected chi connectivity index (χ4v) is 2.42. The molecule has 0 aliphatic rings. The van der Waals surface area contributed by atoms with Gasteiger partial charge in [-0.1, -0.05) is 13.0 Å². The van der Waals surface area contributed by atoms with E-state index in [0.717, 1.165) is 12.0 Å². The number of hydrogen-bond acceptors (Lipinski definition) is 5. The average molecular weight is 536 g/mol. The highest BCUT2D eigenvalue weighted by Gasteiger charge is 2.11. The van der Waals surface area contributed by atoms with Crippen LogP contribution in [0.3, 0.4) is 0 Å². The van der Waals surface area contributed by atoms with Crippen LogP contribution >= 0.6 is 24.0 Å². The van der Waals surface area contributed by atoms with Gasteiger partial charge in [-0.05, 0) is 30.2 Å². The molecule has 7 nitrogen and oxygen atoms in total. The molecule has 1 aromatic carbocycles. The Morgan fingerprint density at radius 3 is 2.53 bits per heavy atom. The third-order valence-corrected chi connectivity index (χ3v) is 3.87. The molecule has 0 saturated heterocycles. The quantitative estimate of drug-likeness (QED) is 0.272. The molecule has 0 atom stereocenters. The van der Waals surface area contributed by atoms with Gasteiger partial charge in [0.15, 0.2) is 5.96 Å². The van der Waals surface area contributed by atoms with Gasteiger partial charge in [0, 0.05) is 38.0 Å². The number of aliphatic imine (C=N–C) groups is 1. The highest BCUT2D eigenvalue weighted by molar-refractivity contribution is 14.0. The van der Waals surface area contributed by atoms with Crippen molar-refractivity contribution in [3.8, 4) is 17.4 Å². The molecule has 0 spiro atoms. The summed E-state index contributed by atoms with van der Waals surface area (Å²) in [5, 5.41) is 6.22. The number of guanidine groups is 1. The predicted molar refractivity (Wildman–Crippen MR) is 122 cm³/mol. The van der Waals surface area contributed by atoms with E-state index < -0.39 is 6.61 Å². The monoisotopic (exact) mass is 536 g/mol. The Morgan fingerprint density at radius 2 is 1.93 bits per heavy atom. The van der Waals surface area contributed by atoms with Crippen molar-refractivity contribution in [3.63, 3.8) is 0 Å². The molecule has 10 heteroatoms. The normalized spacial score (nSPS) is 10.9. The lowest BCUT2D eigenvalue weighted by Crippen LogP contribution is -2.36. The molecule has 0 fully saturated rings. The molecule has 0 saturated carbocycles. The summed E-state index contributed by atoms with van der Waals surface area (Å²) in [5.74, 6) is 1.71. The van der Waals surface area contributed by atoms with Crippen molar-refractivity contribution in [2.24, 2.45) is 4.99 Å². The molecular weight excluding hydrogens is 509 g/mol. The zero-order valence-corrected chi connectivity index (χ0v) is 19.5. The molecule has 0 aliphatic carbocycles. The maximum absolute atomic E-state index is 12.6. The Bertz CT molecular complexity index is 792. The SMILES string of the molecule is CCCOc1ccc(CNC(=NC)NCc2cc(OC)ccc2OC(F)F)cn1.I. The first-order chi connectivity index (χ1) is 14.0. The predicted octanol–water partition coefficient (Wildman–Crippen LogP) is 3.96. The van der Waals surface area contributed by atoms with Crippen LogP contribution in [-0.4, -0.2) is 38.3 Å². The van der Waals surface area contributed by atoms with Crippen molar-refractivity contribution in [3.05, 3.63) is 47.7 Å².